The van der Waals surface area contributed by atoms with Crippen LogP contribution in [0.2, 0.25) is 0 Å². The zero-order valence-electron chi connectivity index (χ0n) is 10.4. The molecule has 0 saturated heterocycles. The van der Waals surface area contributed by atoms with Crippen molar-refractivity contribution < 1.29 is 22.7 Å². The summed E-state index contributed by atoms with van der Waals surface area (Å²) in [5.41, 5.74) is -2.21. The van der Waals surface area contributed by atoms with Crippen molar-refractivity contribution in [3.8, 4) is 0 Å². The Morgan fingerprint density at radius 2 is 2.25 bits per heavy atom. The molecule has 0 spiro atoms. The Hall–Kier alpha value is -1.55. The summed E-state index contributed by atoms with van der Waals surface area (Å²) >= 11 is 0.711. The van der Waals surface area contributed by atoms with Crippen LogP contribution in [0.25, 0.3) is 0 Å². The molecule has 1 rings (SSSR count). The van der Waals surface area contributed by atoms with Gasteiger partial charge in [0.15, 0.2) is 10.9 Å². The Balaban J connectivity index is 2.62. The second-order valence-corrected chi connectivity index (χ2v) is 4.53. The summed E-state index contributed by atoms with van der Waals surface area (Å²) in [5, 5.41) is 2.23. The third-order valence-electron chi connectivity index (χ3n) is 1.98. The van der Waals surface area contributed by atoms with Crippen LogP contribution < -0.4 is 10.9 Å². The maximum absolute atomic E-state index is 12.4. The van der Waals surface area contributed by atoms with Crippen LogP contribution in [0.5, 0.6) is 0 Å². The Labute approximate surface area is 116 Å². The number of hydrogen-bond donors (Lipinski definition) is 2. The summed E-state index contributed by atoms with van der Waals surface area (Å²) in [5.74, 6) is -0.555. The zero-order chi connectivity index (χ0) is 15.2. The minimum absolute atomic E-state index is 0.159. The summed E-state index contributed by atoms with van der Waals surface area (Å²) in [7, 11) is 1.47. The van der Waals surface area contributed by atoms with Gasteiger partial charge in [-0.05, 0) is 0 Å². The molecule has 1 heterocycles. The van der Waals surface area contributed by atoms with Crippen molar-refractivity contribution in [3.05, 3.63) is 22.1 Å². The number of amides is 1. The number of carbonyl (C=O) groups is 1. The monoisotopic (exact) mass is 311 g/mol. The van der Waals surface area contributed by atoms with Crippen molar-refractivity contribution in [1.29, 1.82) is 0 Å². The highest BCUT2D eigenvalue weighted by atomic mass is 32.2. The molecule has 0 saturated carbocycles. The van der Waals surface area contributed by atoms with Crippen LogP contribution in [0.1, 0.15) is 5.69 Å². The molecular formula is C10H12F3N3O3S. The molecule has 0 fully saturated rings. The average molecular weight is 311 g/mol. The number of nitrogens with one attached hydrogen (secondary N) is 2. The molecule has 112 valence electrons. The van der Waals surface area contributed by atoms with E-state index in [0.717, 1.165) is 0 Å². The molecule has 0 aliphatic rings. The van der Waals surface area contributed by atoms with Gasteiger partial charge in [-0.2, -0.15) is 13.2 Å². The van der Waals surface area contributed by atoms with E-state index in [9.17, 15) is 22.8 Å². The van der Waals surface area contributed by atoms with Crippen LogP contribution in [0.4, 0.5) is 13.2 Å². The van der Waals surface area contributed by atoms with Crippen LogP contribution in [0, 0.1) is 0 Å². The van der Waals surface area contributed by atoms with Crippen LogP contribution >= 0.6 is 11.8 Å². The molecule has 0 unspecified atom stereocenters. The Kier molecular flexibility index (Phi) is 6.02. The van der Waals surface area contributed by atoms with Crippen molar-refractivity contribution in [2.45, 2.75) is 11.3 Å². The van der Waals surface area contributed by atoms with E-state index in [-0.39, 0.29) is 10.9 Å². The molecule has 10 heteroatoms. The van der Waals surface area contributed by atoms with E-state index in [4.69, 9.17) is 4.74 Å². The second-order valence-electron chi connectivity index (χ2n) is 3.56. The fraction of sp³-hybridized carbons (Fsp3) is 0.500. The van der Waals surface area contributed by atoms with Gasteiger partial charge < -0.3 is 15.0 Å². The number of methoxy groups -OCH3 is 1. The van der Waals surface area contributed by atoms with Crippen LogP contribution in [-0.4, -0.2) is 41.9 Å². The van der Waals surface area contributed by atoms with Crippen molar-refractivity contribution in [1.82, 2.24) is 15.3 Å². The second kappa shape index (κ2) is 7.29. The van der Waals surface area contributed by atoms with Gasteiger partial charge in [-0.15, -0.1) is 0 Å². The van der Waals surface area contributed by atoms with Gasteiger partial charge in [0.1, 0.15) is 0 Å². The number of ether oxygens (including phenoxy) is 1. The van der Waals surface area contributed by atoms with Gasteiger partial charge in [-0.25, -0.2) is 4.98 Å². The van der Waals surface area contributed by atoms with Gasteiger partial charge in [0.25, 0.3) is 5.56 Å². The lowest BCUT2D eigenvalue weighted by atomic mass is 10.4. The smallest absolute Gasteiger partial charge is 0.383 e. The van der Waals surface area contributed by atoms with E-state index in [1.165, 1.54) is 7.11 Å². The highest BCUT2D eigenvalue weighted by molar-refractivity contribution is 7.99. The first-order chi connectivity index (χ1) is 9.32. The lowest BCUT2D eigenvalue weighted by molar-refractivity contribution is -0.141. The number of halogens is 3. The third-order valence-corrected chi connectivity index (χ3v) is 2.85. The van der Waals surface area contributed by atoms with Gasteiger partial charge in [0.05, 0.1) is 12.4 Å². The SMILES string of the molecule is COCCNC(=O)CSc1nc(C(F)(F)F)cc(=O)[nH]1. The molecule has 1 amide bonds. The highest BCUT2D eigenvalue weighted by Crippen LogP contribution is 2.27. The fourth-order valence-electron chi connectivity index (χ4n) is 1.13. The first-order valence-corrected chi connectivity index (χ1v) is 6.38. The summed E-state index contributed by atoms with van der Waals surface area (Å²) in [4.78, 5) is 27.8. The number of nitrogens with zero attached hydrogens (tertiary/aromatic N) is 1. The molecule has 2 N–H and O–H groups in total. The van der Waals surface area contributed by atoms with Gasteiger partial charge in [-0.1, -0.05) is 11.8 Å². The van der Waals surface area contributed by atoms with Crippen LogP contribution in [-0.2, 0) is 15.7 Å². The number of thioether (sulfide) groups is 1. The molecular weight excluding hydrogens is 299 g/mol. The number of H-pyrrole nitrogens is 1. The average Bonchev–Trinajstić information content (AvgIpc) is 2.35. The van der Waals surface area contributed by atoms with E-state index >= 15 is 0 Å². The molecule has 1 aromatic heterocycles. The molecule has 0 atom stereocenters. The number of rotatable bonds is 6. The maximum atomic E-state index is 12.4. The predicted molar refractivity (Wildman–Crippen MR) is 65.5 cm³/mol. The molecule has 1 aromatic rings. The normalized spacial score (nSPS) is 11.4. The minimum atomic E-state index is -4.70. The number of carbonyl (C=O) groups excluding carboxylic acids is 1. The van der Waals surface area contributed by atoms with Crippen LogP contribution in [0.15, 0.2) is 16.0 Å². The molecule has 0 aliphatic heterocycles. The van der Waals surface area contributed by atoms with Gasteiger partial charge in [-0.3, -0.25) is 9.59 Å². The van der Waals surface area contributed by atoms with Gasteiger partial charge in [0.2, 0.25) is 5.91 Å². The molecule has 0 aliphatic carbocycles. The first kappa shape index (κ1) is 16.5. The van der Waals surface area contributed by atoms with Gasteiger partial charge >= 0.3 is 6.18 Å². The highest BCUT2D eigenvalue weighted by Gasteiger charge is 2.33. The third kappa shape index (κ3) is 5.61. The van der Waals surface area contributed by atoms with Gasteiger partial charge in [0, 0.05) is 19.7 Å². The number of alkyl halides is 3. The summed E-state index contributed by atoms with van der Waals surface area (Å²) < 4.78 is 42.0. The van der Waals surface area contributed by atoms with Crippen molar-refractivity contribution >= 4 is 17.7 Å². The molecule has 0 aromatic carbocycles. The standard InChI is InChI=1S/C10H12F3N3O3S/c1-19-3-2-14-8(18)5-20-9-15-6(10(11,12)13)4-7(17)16-9/h4H,2-3,5H2,1H3,(H,14,18)(H,15,16,17). The topological polar surface area (TPSA) is 84.1 Å². The number of hydrogen-bond acceptors (Lipinski definition) is 5. The molecule has 0 radical (unpaired) electrons. The quantitative estimate of drug-likeness (QED) is 0.458. The van der Waals surface area contributed by atoms with E-state index in [1.807, 2.05) is 0 Å². The summed E-state index contributed by atoms with van der Waals surface area (Å²) in [6.45, 7) is 0.623. The Morgan fingerprint density at radius 3 is 2.85 bits per heavy atom. The fourth-order valence-corrected chi connectivity index (χ4v) is 1.83. The lowest BCUT2D eigenvalue weighted by Gasteiger charge is -2.07. The van der Waals surface area contributed by atoms with Crippen molar-refractivity contribution in [3.63, 3.8) is 0 Å². The minimum Gasteiger partial charge on any atom is -0.383 e. The molecule has 0 bridgehead atoms. The van der Waals surface area contributed by atoms with E-state index in [2.05, 4.69) is 15.3 Å². The summed E-state index contributed by atoms with van der Waals surface area (Å²) in [6, 6.07) is 0.364. The van der Waals surface area contributed by atoms with Crippen molar-refractivity contribution in [2.24, 2.45) is 0 Å². The maximum Gasteiger partial charge on any atom is 0.433 e. The van der Waals surface area contributed by atoms with Crippen LogP contribution in [0.3, 0.4) is 0 Å². The largest absolute Gasteiger partial charge is 0.433 e. The Morgan fingerprint density at radius 1 is 1.55 bits per heavy atom. The predicted octanol–water partition coefficient (Wildman–Crippen LogP) is 0.643. The molecule has 20 heavy (non-hydrogen) atoms. The number of aromatic amines is 1. The van der Waals surface area contributed by atoms with Crippen molar-refractivity contribution in [2.75, 3.05) is 26.0 Å². The number of aromatic nitrogens is 2. The Bertz CT molecular complexity index is 518. The van der Waals surface area contributed by atoms with E-state index in [0.29, 0.717) is 31.0 Å². The van der Waals surface area contributed by atoms with E-state index < -0.39 is 23.3 Å². The lowest BCUT2D eigenvalue weighted by Crippen LogP contribution is -2.28. The first-order valence-electron chi connectivity index (χ1n) is 5.40. The molecule has 6 nitrogen and oxygen atoms in total. The zero-order valence-corrected chi connectivity index (χ0v) is 11.2. The summed E-state index contributed by atoms with van der Waals surface area (Å²) in [6.07, 6.45) is -4.70. The van der Waals surface area contributed by atoms with E-state index in [1.54, 1.807) is 0 Å².